The molecule has 0 radical (unpaired) electrons. The van der Waals surface area contributed by atoms with Crippen molar-refractivity contribution < 1.29 is 23.5 Å². The van der Waals surface area contributed by atoms with Crippen LogP contribution in [-0.4, -0.2) is 95.4 Å². The van der Waals surface area contributed by atoms with Gasteiger partial charge in [0.15, 0.2) is 11.6 Å². The number of hydrogen-bond donors (Lipinski definition) is 2. The molecule has 0 saturated carbocycles. The normalized spacial score (nSPS) is 13.4. The summed E-state index contributed by atoms with van der Waals surface area (Å²) >= 11 is 6.60. The van der Waals surface area contributed by atoms with Crippen molar-refractivity contribution >= 4 is 40.7 Å². The summed E-state index contributed by atoms with van der Waals surface area (Å²) in [5, 5.41) is 6.09. The number of ether oxygens (including phenoxy) is 2. The molecule has 52 heavy (non-hydrogen) atoms. The number of carbonyl (C=O) groups is 2. The third-order valence-electron chi connectivity index (χ3n) is 9.01. The van der Waals surface area contributed by atoms with Gasteiger partial charge in [0.05, 0.1) is 5.02 Å². The Hall–Kier alpha value is -4.78. The van der Waals surface area contributed by atoms with Crippen LogP contribution in [0, 0.1) is 19.7 Å². The summed E-state index contributed by atoms with van der Waals surface area (Å²) in [7, 11) is 0. The van der Waals surface area contributed by atoms with Crippen LogP contribution in [0.5, 0.6) is 17.4 Å². The first-order valence-electron chi connectivity index (χ1n) is 17.7. The number of carbonyl (C=O) groups excluding carboxylic acids is 2. The number of amides is 2. The Labute approximate surface area is 310 Å². The lowest BCUT2D eigenvalue weighted by atomic mass is 10.1. The second-order valence-electron chi connectivity index (χ2n) is 12.7. The van der Waals surface area contributed by atoms with Crippen LogP contribution in [0.2, 0.25) is 5.02 Å². The highest BCUT2D eigenvalue weighted by Gasteiger charge is 2.22. The Balaban J connectivity index is 1.33. The highest BCUT2D eigenvalue weighted by atomic mass is 35.5. The van der Waals surface area contributed by atoms with Gasteiger partial charge in [0.1, 0.15) is 17.9 Å². The topological polar surface area (TPSA) is 112 Å². The molecular formula is C39H47ClFN7O4. The predicted octanol–water partition coefficient (Wildman–Crippen LogP) is 7.56. The molecule has 2 N–H and O–H groups in total. The molecule has 1 fully saturated rings. The second kappa shape index (κ2) is 18.1. The molecule has 0 spiro atoms. The molecule has 1 aliphatic rings. The lowest BCUT2D eigenvalue weighted by Crippen LogP contribution is -2.47. The molecule has 2 amide bonds. The molecule has 0 unspecified atom stereocenters. The Kier molecular flexibility index (Phi) is 13.4. The molecule has 13 heteroatoms. The van der Waals surface area contributed by atoms with Gasteiger partial charge in [0.2, 0.25) is 11.8 Å². The average molecular weight is 732 g/mol. The molecule has 1 aliphatic heterocycles. The van der Waals surface area contributed by atoms with E-state index < -0.39 is 11.7 Å². The number of benzene rings is 3. The predicted molar refractivity (Wildman–Crippen MR) is 203 cm³/mol. The summed E-state index contributed by atoms with van der Waals surface area (Å²) in [5.74, 6) is -0.913. The van der Waals surface area contributed by atoms with Crippen LogP contribution in [0.4, 0.5) is 21.7 Å². The minimum Gasteiger partial charge on any atom is -0.489 e. The van der Waals surface area contributed by atoms with Gasteiger partial charge in [-0.1, -0.05) is 36.7 Å². The van der Waals surface area contributed by atoms with Crippen LogP contribution >= 0.6 is 11.6 Å². The molecule has 5 rings (SSSR count). The third kappa shape index (κ3) is 9.75. The zero-order valence-electron chi connectivity index (χ0n) is 30.5. The molecule has 3 aromatic carbocycles. The van der Waals surface area contributed by atoms with Crippen molar-refractivity contribution in [3.63, 3.8) is 0 Å². The highest BCUT2D eigenvalue weighted by molar-refractivity contribution is 6.32. The Morgan fingerprint density at radius 2 is 1.60 bits per heavy atom. The first-order chi connectivity index (χ1) is 25.1. The van der Waals surface area contributed by atoms with Gasteiger partial charge in [-0.15, -0.1) is 0 Å². The molecule has 276 valence electrons. The van der Waals surface area contributed by atoms with Crippen molar-refractivity contribution in [2.24, 2.45) is 0 Å². The molecule has 1 aromatic heterocycles. The monoisotopic (exact) mass is 731 g/mol. The van der Waals surface area contributed by atoms with E-state index in [9.17, 15) is 9.59 Å². The van der Waals surface area contributed by atoms with Gasteiger partial charge < -0.3 is 29.9 Å². The van der Waals surface area contributed by atoms with E-state index >= 15 is 4.39 Å². The summed E-state index contributed by atoms with van der Waals surface area (Å²) in [4.78, 5) is 41.9. The fraction of sp³-hybridized carbons (Fsp3) is 0.385. The molecule has 0 atom stereocenters. The number of nitrogens with zero attached hydrogens (tertiary/aromatic N) is 5. The lowest BCUT2D eigenvalue weighted by molar-refractivity contribution is 0.0772. The molecule has 4 aromatic rings. The smallest absolute Gasteiger partial charge is 0.262 e. The van der Waals surface area contributed by atoms with E-state index in [1.165, 1.54) is 18.3 Å². The number of piperazine rings is 1. The second-order valence-corrected chi connectivity index (χ2v) is 13.1. The number of rotatable bonds is 15. The average Bonchev–Trinajstić information content (AvgIpc) is 3.13. The van der Waals surface area contributed by atoms with Crippen LogP contribution in [0.15, 0.2) is 60.8 Å². The van der Waals surface area contributed by atoms with E-state index in [1.54, 1.807) is 29.2 Å². The zero-order chi connectivity index (χ0) is 37.2. The minimum atomic E-state index is -0.537. The van der Waals surface area contributed by atoms with E-state index in [2.05, 4.69) is 37.3 Å². The number of halogens is 2. The number of anilines is 3. The van der Waals surface area contributed by atoms with Crippen LogP contribution in [0.25, 0.3) is 0 Å². The summed E-state index contributed by atoms with van der Waals surface area (Å²) in [6, 6.07) is 14.9. The van der Waals surface area contributed by atoms with Gasteiger partial charge in [-0.25, -0.2) is 9.37 Å². The summed E-state index contributed by atoms with van der Waals surface area (Å²) in [6.45, 7) is 17.1. The molecule has 0 aliphatic carbocycles. The summed E-state index contributed by atoms with van der Waals surface area (Å²) in [5.41, 5.74) is 3.23. The number of nitrogens with one attached hydrogen (secondary N) is 2. The van der Waals surface area contributed by atoms with Crippen LogP contribution in [-0.2, 0) is 0 Å². The standard InChI is InChI=1S/C39H47ClFN7O4/c1-6-16-46-17-19-47(20-18-46)21-22-51-34-15-13-29(24-32(34)41)43-39-42-25-30(36(49)44-35-26(4)10-9-11-27(35)5)37(45-39)52-33-14-12-28(23-31(33)40)38(50)48(7-2)8-3/h9-15,23-25H,6-8,16-22H2,1-5H3,(H,44,49)(H,42,43,45). The Morgan fingerprint density at radius 3 is 2.23 bits per heavy atom. The van der Waals surface area contributed by atoms with Crippen LogP contribution in [0.3, 0.4) is 0 Å². The van der Waals surface area contributed by atoms with Gasteiger partial charge >= 0.3 is 0 Å². The van der Waals surface area contributed by atoms with E-state index in [1.807, 2.05) is 45.9 Å². The first-order valence-corrected chi connectivity index (χ1v) is 18.1. The van der Waals surface area contributed by atoms with Crippen molar-refractivity contribution in [3.05, 3.63) is 93.9 Å². The fourth-order valence-electron chi connectivity index (χ4n) is 6.03. The number of aryl methyl sites for hydroxylation is 2. The van der Waals surface area contributed by atoms with Gasteiger partial charge in [0.25, 0.3) is 11.8 Å². The summed E-state index contributed by atoms with van der Waals surface area (Å²) < 4.78 is 27.1. The number of hydrogen-bond acceptors (Lipinski definition) is 9. The molecule has 11 nitrogen and oxygen atoms in total. The van der Waals surface area contributed by atoms with E-state index in [-0.39, 0.29) is 39.8 Å². The van der Waals surface area contributed by atoms with Crippen molar-refractivity contribution in [1.29, 1.82) is 0 Å². The Bertz CT molecular complexity index is 1840. The van der Waals surface area contributed by atoms with E-state index in [4.69, 9.17) is 21.1 Å². The first kappa shape index (κ1) is 38.5. The van der Waals surface area contributed by atoms with E-state index in [0.717, 1.165) is 56.8 Å². The van der Waals surface area contributed by atoms with Gasteiger partial charge in [-0.2, -0.15) is 4.98 Å². The largest absolute Gasteiger partial charge is 0.489 e. The highest BCUT2D eigenvalue weighted by Crippen LogP contribution is 2.33. The maximum Gasteiger partial charge on any atom is 0.262 e. The van der Waals surface area contributed by atoms with Crippen LogP contribution in [0.1, 0.15) is 59.0 Å². The number of para-hydroxylation sites is 1. The Morgan fingerprint density at radius 1 is 0.923 bits per heavy atom. The SMILES string of the molecule is CCCN1CCN(CCOc2ccc(Nc3ncc(C(=O)Nc4c(C)cccc4C)c(Oc4ccc(C(=O)N(CC)CC)cc4Cl)n3)cc2F)CC1. The van der Waals surface area contributed by atoms with Gasteiger partial charge in [0, 0.05) is 75.0 Å². The van der Waals surface area contributed by atoms with Crippen molar-refractivity contribution in [1.82, 2.24) is 24.7 Å². The molecule has 1 saturated heterocycles. The molecule has 2 heterocycles. The zero-order valence-corrected chi connectivity index (χ0v) is 31.2. The minimum absolute atomic E-state index is 0.0364. The maximum absolute atomic E-state index is 15.1. The summed E-state index contributed by atoms with van der Waals surface area (Å²) in [6.07, 6.45) is 2.48. The number of aromatic nitrogens is 2. The quantitative estimate of drug-likeness (QED) is 0.128. The maximum atomic E-state index is 15.1. The van der Waals surface area contributed by atoms with Crippen molar-refractivity contribution in [3.8, 4) is 17.4 Å². The third-order valence-corrected chi connectivity index (χ3v) is 9.31. The van der Waals surface area contributed by atoms with Crippen molar-refractivity contribution in [2.45, 2.75) is 41.0 Å². The molecule has 0 bridgehead atoms. The molecular weight excluding hydrogens is 685 g/mol. The fourth-order valence-corrected chi connectivity index (χ4v) is 6.25. The van der Waals surface area contributed by atoms with E-state index in [0.29, 0.717) is 36.6 Å². The van der Waals surface area contributed by atoms with Crippen molar-refractivity contribution in [2.75, 3.05) is 69.6 Å². The van der Waals surface area contributed by atoms with Gasteiger partial charge in [-0.05, 0) is 82.1 Å². The van der Waals surface area contributed by atoms with Gasteiger partial charge in [-0.3, -0.25) is 14.5 Å². The van der Waals surface area contributed by atoms with Crippen LogP contribution < -0.4 is 20.1 Å². The lowest BCUT2D eigenvalue weighted by Gasteiger charge is -2.34.